The molecule has 0 aliphatic heterocycles. The van der Waals surface area contributed by atoms with E-state index in [1.807, 2.05) is 6.92 Å². The van der Waals surface area contributed by atoms with Crippen LogP contribution < -0.4 is 9.47 Å². The van der Waals surface area contributed by atoms with E-state index in [2.05, 4.69) is 4.74 Å². The zero-order valence-electron chi connectivity index (χ0n) is 10.0. The molecule has 0 N–H and O–H groups in total. The summed E-state index contributed by atoms with van der Waals surface area (Å²) in [7, 11) is 0. The number of carbonyl (C=O) groups excluding carboxylic acids is 1. The van der Waals surface area contributed by atoms with Gasteiger partial charge in [0.2, 0.25) is 0 Å². The van der Waals surface area contributed by atoms with E-state index in [-0.39, 0.29) is 5.75 Å². The highest BCUT2D eigenvalue weighted by atomic mass is 19.4. The van der Waals surface area contributed by atoms with E-state index in [0.717, 1.165) is 6.42 Å². The van der Waals surface area contributed by atoms with Crippen molar-refractivity contribution in [2.45, 2.75) is 25.9 Å². The van der Waals surface area contributed by atoms with Gasteiger partial charge >= 0.3 is 18.3 Å². The number of Topliss-reactive ketones (excluding diaryl/α,β-unsaturated/α-hetero) is 1. The molecule has 0 aliphatic rings. The average molecular weight is 280 g/mol. The van der Waals surface area contributed by atoms with E-state index in [1.165, 1.54) is 24.3 Å². The Morgan fingerprint density at radius 2 is 1.74 bits per heavy atom. The van der Waals surface area contributed by atoms with Gasteiger partial charge in [-0.15, -0.1) is 0 Å². The zero-order valence-corrected chi connectivity index (χ0v) is 10.0. The highest BCUT2D eigenvalue weighted by Gasteiger charge is 2.45. The second kappa shape index (κ2) is 6.40. The largest absolute Gasteiger partial charge is 0.494 e. The Balaban J connectivity index is 2.60. The lowest BCUT2D eigenvalue weighted by Crippen LogP contribution is -2.35. The number of carbonyl (C=O) groups is 1. The van der Waals surface area contributed by atoms with Crippen molar-refractivity contribution in [1.29, 1.82) is 0 Å². The molecule has 106 valence electrons. The lowest BCUT2D eigenvalue weighted by atomic mass is 10.3. The van der Waals surface area contributed by atoms with Crippen LogP contribution in [0.3, 0.4) is 0 Å². The third-order valence-corrected chi connectivity index (χ3v) is 2.02. The van der Waals surface area contributed by atoms with E-state index in [9.17, 15) is 22.4 Å². The quantitative estimate of drug-likeness (QED) is 0.750. The van der Waals surface area contributed by atoms with Gasteiger partial charge in [-0.25, -0.2) is 0 Å². The van der Waals surface area contributed by atoms with Crippen LogP contribution in [0, 0.1) is 0 Å². The number of ketones is 1. The Bertz CT molecular complexity index is 414. The van der Waals surface area contributed by atoms with Crippen molar-refractivity contribution in [2.24, 2.45) is 0 Å². The number of hydrogen-bond acceptors (Lipinski definition) is 3. The number of rotatable bonds is 6. The molecule has 0 radical (unpaired) electrons. The Morgan fingerprint density at radius 3 is 2.21 bits per heavy atom. The molecule has 0 aliphatic carbocycles. The first-order valence-corrected chi connectivity index (χ1v) is 5.49. The van der Waals surface area contributed by atoms with Crippen molar-refractivity contribution in [1.82, 2.24) is 0 Å². The Labute approximate surface area is 107 Å². The third kappa shape index (κ3) is 4.76. The maximum atomic E-state index is 13.0. The fourth-order valence-electron chi connectivity index (χ4n) is 1.14. The minimum absolute atomic E-state index is 0.186. The maximum Gasteiger partial charge on any atom is 0.457 e. The highest BCUT2D eigenvalue weighted by Crippen LogP contribution is 2.23. The maximum absolute atomic E-state index is 13.0. The van der Waals surface area contributed by atoms with Gasteiger partial charge in [-0.1, -0.05) is 6.92 Å². The molecule has 1 atom stereocenters. The van der Waals surface area contributed by atoms with Gasteiger partial charge in [0.1, 0.15) is 11.5 Å². The van der Waals surface area contributed by atoms with Gasteiger partial charge in [-0.05, 0) is 30.7 Å². The van der Waals surface area contributed by atoms with E-state index in [4.69, 9.17) is 4.74 Å². The van der Waals surface area contributed by atoms with E-state index < -0.39 is 18.3 Å². The summed E-state index contributed by atoms with van der Waals surface area (Å²) in [4.78, 5) is 10.5. The molecule has 0 saturated heterocycles. The van der Waals surface area contributed by atoms with Crippen molar-refractivity contribution in [3.8, 4) is 11.5 Å². The third-order valence-electron chi connectivity index (χ3n) is 2.02. The Kier molecular flexibility index (Phi) is 5.14. The van der Waals surface area contributed by atoms with Crippen LogP contribution in [0.4, 0.5) is 17.6 Å². The van der Waals surface area contributed by atoms with Gasteiger partial charge < -0.3 is 9.47 Å². The summed E-state index contributed by atoms with van der Waals surface area (Å²) in [5.41, 5.74) is 0. The van der Waals surface area contributed by atoms with Crippen molar-refractivity contribution >= 4 is 5.78 Å². The molecular formula is C12H12F4O3. The predicted molar refractivity (Wildman–Crippen MR) is 58.8 cm³/mol. The number of ether oxygens (including phenoxy) is 2. The molecule has 1 aromatic rings. The van der Waals surface area contributed by atoms with Gasteiger partial charge in [0.15, 0.2) is 0 Å². The fourth-order valence-corrected chi connectivity index (χ4v) is 1.14. The second-order valence-electron chi connectivity index (χ2n) is 3.62. The monoisotopic (exact) mass is 280 g/mol. The predicted octanol–water partition coefficient (Wildman–Crippen LogP) is 3.28. The fraction of sp³-hybridized carbons (Fsp3) is 0.417. The van der Waals surface area contributed by atoms with Gasteiger partial charge in [0.05, 0.1) is 6.61 Å². The molecule has 1 unspecified atom stereocenters. The van der Waals surface area contributed by atoms with Crippen LogP contribution in [-0.2, 0) is 4.79 Å². The van der Waals surface area contributed by atoms with Crippen LogP contribution in [0.15, 0.2) is 24.3 Å². The molecule has 19 heavy (non-hydrogen) atoms. The van der Waals surface area contributed by atoms with Crippen molar-refractivity contribution in [3.05, 3.63) is 24.3 Å². The molecule has 1 aromatic carbocycles. The Morgan fingerprint density at radius 1 is 1.21 bits per heavy atom. The molecular weight excluding hydrogens is 268 g/mol. The lowest BCUT2D eigenvalue weighted by Gasteiger charge is -2.12. The van der Waals surface area contributed by atoms with Crippen LogP contribution in [0.25, 0.3) is 0 Å². The minimum Gasteiger partial charge on any atom is -0.494 e. The van der Waals surface area contributed by atoms with Crippen LogP contribution in [0.2, 0.25) is 0 Å². The van der Waals surface area contributed by atoms with Crippen LogP contribution >= 0.6 is 0 Å². The first-order valence-electron chi connectivity index (χ1n) is 5.49. The van der Waals surface area contributed by atoms with Gasteiger partial charge in [0.25, 0.3) is 0 Å². The summed E-state index contributed by atoms with van der Waals surface area (Å²) < 4.78 is 58.2. The minimum atomic E-state index is -5.26. The number of alkyl halides is 4. The summed E-state index contributed by atoms with van der Waals surface area (Å²) in [6.07, 6.45) is -7.53. The smallest absolute Gasteiger partial charge is 0.457 e. The van der Waals surface area contributed by atoms with Gasteiger partial charge in [0, 0.05) is 0 Å². The summed E-state index contributed by atoms with van der Waals surface area (Å²) >= 11 is 0. The summed E-state index contributed by atoms with van der Waals surface area (Å²) in [6, 6.07) is 5.27. The summed E-state index contributed by atoms with van der Waals surface area (Å²) in [5.74, 6) is -2.28. The van der Waals surface area contributed by atoms with Crippen molar-refractivity contribution in [2.75, 3.05) is 6.61 Å². The molecule has 0 spiro atoms. The SMILES string of the molecule is CCCOc1ccc(OC(F)C(=O)C(F)(F)F)cc1. The molecule has 7 heteroatoms. The second-order valence-corrected chi connectivity index (χ2v) is 3.62. The van der Waals surface area contributed by atoms with Crippen molar-refractivity contribution in [3.63, 3.8) is 0 Å². The Hall–Kier alpha value is -1.79. The average Bonchev–Trinajstić information content (AvgIpc) is 2.36. The molecule has 0 bridgehead atoms. The molecule has 0 saturated carbocycles. The lowest BCUT2D eigenvalue weighted by molar-refractivity contribution is -0.185. The molecule has 0 fully saturated rings. The van der Waals surface area contributed by atoms with Crippen LogP contribution in [0.1, 0.15) is 13.3 Å². The summed E-state index contributed by atoms with van der Waals surface area (Å²) in [5, 5.41) is 0. The molecule has 3 nitrogen and oxygen atoms in total. The molecule has 1 rings (SSSR count). The normalized spacial score (nSPS) is 12.9. The topological polar surface area (TPSA) is 35.5 Å². The van der Waals surface area contributed by atoms with E-state index in [1.54, 1.807) is 0 Å². The highest BCUT2D eigenvalue weighted by molar-refractivity contribution is 5.87. The standard InChI is InChI=1S/C12H12F4O3/c1-2-7-18-8-3-5-9(6-4-8)19-11(13)10(17)12(14,15)16/h3-6,11H,2,7H2,1H3. The number of halogens is 4. The van der Waals surface area contributed by atoms with E-state index in [0.29, 0.717) is 12.4 Å². The van der Waals surface area contributed by atoms with Crippen LogP contribution in [0.5, 0.6) is 11.5 Å². The summed E-state index contributed by atoms with van der Waals surface area (Å²) in [6.45, 7) is 2.40. The van der Waals surface area contributed by atoms with Crippen molar-refractivity contribution < 1.29 is 31.8 Å². The first kappa shape index (κ1) is 15.3. The van der Waals surface area contributed by atoms with Gasteiger partial charge in [-0.2, -0.15) is 17.6 Å². The molecule has 0 heterocycles. The molecule has 0 aromatic heterocycles. The number of hydrogen-bond donors (Lipinski definition) is 0. The zero-order chi connectivity index (χ0) is 14.5. The van der Waals surface area contributed by atoms with Gasteiger partial charge in [-0.3, -0.25) is 4.79 Å². The number of benzene rings is 1. The first-order chi connectivity index (χ1) is 8.84. The molecule has 0 amide bonds. The van der Waals surface area contributed by atoms with E-state index >= 15 is 0 Å². The van der Waals surface area contributed by atoms with Crippen LogP contribution in [-0.4, -0.2) is 24.9 Å².